The Bertz CT molecular complexity index is 1340. The molecule has 8 nitrogen and oxygen atoms in total. The van der Waals surface area contributed by atoms with Crippen molar-refractivity contribution in [1.29, 1.82) is 0 Å². The molecule has 1 aliphatic rings. The minimum Gasteiger partial charge on any atom is -0.459 e. The third-order valence-corrected chi connectivity index (χ3v) is 6.98. The van der Waals surface area contributed by atoms with Gasteiger partial charge in [-0.2, -0.15) is 0 Å². The fourth-order valence-corrected chi connectivity index (χ4v) is 4.78. The van der Waals surface area contributed by atoms with E-state index < -0.39 is 30.1 Å². The van der Waals surface area contributed by atoms with Gasteiger partial charge >= 0.3 is 17.9 Å². The van der Waals surface area contributed by atoms with Gasteiger partial charge in [0.05, 0.1) is 17.2 Å². The summed E-state index contributed by atoms with van der Waals surface area (Å²) >= 11 is 0. The fraction of sp³-hybridized carbons (Fsp3) is 0.324. The van der Waals surface area contributed by atoms with Crippen LogP contribution >= 0.6 is 0 Å². The van der Waals surface area contributed by atoms with E-state index in [2.05, 4.69) is 0 Å². The van der Waals surface area contributed by atoms with Gasteiger partial charge < -0.3 is 23.7 Å². The van der Waals surface area contributed by atoms with Crippen molar-refractivity contribution in [2.75, 3.05) is 26.9 Å². The maximum atomic E-state index is 12.9. The van der Waals surface area contributed by atoms with Crippen LogP contribution in [0.1, 0.15) is 58.6 Å². The van der Waals surface area contributed by atoms with Crippen LogP contribution in [-0.2, 0) is 28.5 Å². The van der Waals surface area contributed by atoms with Gasteiger partial charge in [0.1, 0.15) is 32.0 Å². The van der Waals surface area contributed by atoms with Crippen LogP contribution in [0.3, 0.4) is 0 Å². The Labute approximate surface area is 246 Å². The summed E-state index contributed by atoms with van der Waals surface area (Å²) in [5.41, 5.74) is 3.75. The Morgan fingerprint density at radius 1 is 0.833 bits per heavy atom. The average Bonchev–Trinajstić information content (AvgIpc) is 3.02. The second kappa shape index (κ2) is 15.7. The SMILES string of the molecule is COCC(=O)OCC1=C(C)CC(CC[C@H](COC(=O)c2ccccc2)OC(=O)c2ccccc2)O[C@H]1c1ccccc1. The van der Waals surface area contributed by atoms with Crippen LogP contribution in [0.25, 0.3) is 0 Å². The van der Waals surface area contributed by atoms with Gasteiger partial charge in [-0.1, -0.05) is 72.3 Å². The molecule has 0 saturated heterocycles. The van der Waals surface area contributed by atoms with Crippen molar-refractivity contribution in [3.63, 3.8) is 0 Å². The lowest BCUT2D eigenvalue weighted by atomic mass is 9.90. The third kappa shape index (κ3) is 8.86. The number of esters is 3. The van der Waals surface area contributed by atoms with E-state index in [0.29, 0.717) is 30.4 Å². The second-order valence-corrected chi connectivity index (χ2v) is 10.1. The molecule has 0 aliphatic carbocycles. The molecule has 0 fully saturated rings. The van der Waals surface area contributed by atoms with Crippen LogP contribution in [0.5, 0.6) is 0 Å². The highest BCUT2D eigenvalue weighted by Gasteiger charge is 2.31. The fourth-order valence-electron chi connectivity index (χ4n) is 4.78. The van der Waals surface area contributed by atoms with Crippen molar-refractivity contribution in [2.45, 2.75) is 44.5 Å². The second-order valence-electron chi connectivity index (χ2n) is 10.1. The largest absolute Gasteiger partial charge is 0.459 e. The van der Waals surface area contributed by atoms with E-state index >= 15 is 0 Å². The normalized spacial score (nSPS) is 17.3. The highest BCUT2D eigenvalue weighted by Crippen LogP contribution is 2.38. The summed E-state index contributed by atoms with van der Waals surface area (Å²) in [6.45, 7) is 1.91. The molecule has 220 valence electrons. The summed E-state index contributed by atoms with van der Waals surface area (Å²) < 4.78 is 28.2. The minimum atomic E-state index is -0.676. The molecule has 3 aromatic carbocycles. The van der Waals surface area contributed by atoms with Gasteiger partial charge in [0, 0.05) is 7.11 Å². The molecule has 8 heteroatoms. The van der Waals surface area contributed by atoms with Crippen LogP contribution in [0.4, 0.5) is 0 Å². The first-order valence-corrected chi connectivity index (χ1v) is 14.0. The Morgan fingerprint density at radius 3 is 2.05 bits per heavy atom. The molecule has 0 aromatic heterocycles. The third-order valence-electron chi connectivity index (χ3n) is 6.98. The Kier molecular flexibility index (Phi) is 11.4. The number of ether oxygens (including phenoxy) is 5. The molecule has 3 aromatic rings. The number of rotatable bonds is 13. The smallest absolute Gasteiger partial charge is 0.338 e. The predicted octanol–water partition coefficient (Wildman–Crippen LogP) is 5.89. The van der Waals surface area contributed by atoms with Gasteiger partial charge in [0.15, 0.2) is 0 Å². The monoisotopic (exact) mass is 572 g/mol. The van der Waals surface area contributed by atoms with E-state index in [0.717, 1.165) is 16.7 Å². The van der Waals surface area contributed by atoms with Gasteiger partial charge in [-0.3, -0.25) is 0 Å². The molecular formula is C34H36O8. The molecule has 42 heavy (non-hydrogen) atoms. The minimum absolute atomic E-state index is 0.0866. The molecule has 4 rings (SSSR count). The van der Waals surface area contributed by atoms with Crippen molar-refractivity contribution in [3.05, 3.63) is 119 Å². The zero-order chi connectivity index (χ0) is 29.7. The predicted molar refractivity (Wildman–Crippen MR) is 156 cm³/mol. The summed E-state index contributed by atoms with van der Waals surface area (Å²) in [5, 5.41) is 0. The van der Waals surface area contributed by atoms with E-state index in [9.17, 15) is 14.4 Å². The number of hydrogen-bond acceptors (Lipinski definition) is 8. The first-order chi connectivity index (χ1) is 20.4. The number of hydrogen-bond donors (Lipinski definition) is 0. The quantitative estimate of drug-likeness (QED) is 0.142. The summed E-state index contributed by atoms with van der Waals surface area (Å²) in [7, 11) is 1.44. The molecule has 3 atom stereocenters. The summed E-state index contributed by atoms with van der Waals surface area (Å²) in [6.07, 6.45) is 0.303. The van der Waals surface area contributed by atoms with Gasteiger partial charge in [-0.25, -0.2) is 14.4 Å². The lowest BCUT2D eigenvalue weighted by Gasteiger charge is -2.34. The highest BCUT2D eigenvalue weighted by molar-refractivity contribution is 5.90. The molecule has 0 saturated carbocycles. The lowest BCUT2D eigenvalue weighted by Crippen LogP contribution is -2.30. The Morgan fingerprint density at radius 2 is 1.43 bits per heavy atom. The van der Waals surface area contributed by atoms with Gasteiger partial charge in [-0.05, 0) is 61.6 Å². The summed E-state index contributed by atoms with van der Waals surface area (Å²) in [5.74, 6) is -1.42. The van der Waals surface area contributed by atoms with Crippen LogP contribution < -0.4 is 0 Å². The van der Waals surface area contributed by atoms with Gasteiger partial charge in [0.2, 0.25) is 0 Å². The molecular weight excluding hydrogens is 536 g/mol. The first kappa shape index (κ1) is 30.7. The number of carbonyl (C=O) groups is 3. The van der Waals surface area contributed by atoms with Crippen LogP contribution in [0.2, 0.25) is 0 Å². The molecule has 0 amide bonds. The maximum absolute atomic E-state index is 12.9. The maximum Gasteiger partial charge on any atom is 0.338 e. The lowest BCUT2D eigenvalue weighted by molar-refractivity contribution is -0.147. The van der Waals surface area contributed by atoms with Crippen molar-refractivity contribution in [1.82, 2.24) is 0 Å². The van der Waals surface area contributed by atoms with Gasteiger partial charge in [-0.15, -0.1) is 0 Å². The van der Waals surface area contributed by atoms with Crippen LogP contribution in [0.15, 0.2) is 102 Å². The number of benzene rings is 3. The zero-order valence-electron chi connectivity index (χ0n) is 23.9. The zero-order valence-corrected chi connectivity index (χ0v) is 23.9. The molecule has 0 bridgehead atoms. The van der Waals surface area contributed by atoms with Gasteiger partial charge in [0.25, 0.3) is 0 Å². The van der Waals surface area contributed by atoms with E-state index in [1.165, 1.54) is 7.11 Å². The van der Waals surface area contributed by atoms with E-state index in [1.807, 2.05) is 49.4 Å². The molecule has 1 aliphatic heterocycles. The van der Waals surface area contributed by atoms with Crippen molar-refractivity contribution >= 4 is 17.9 Å². The Hall–Kier alpha value is -4.27. The highest BCUT2D eigenvalue weighted by atomic mass is 16.6. The molecule has 0 N–H and O–H groups in total. The van der Waals surface area contributed by atoms with E-state index in [-0.39, 0.29) is 25.9 Å². The Balaban J connectivity index is 1.46. The summed E-state index contributed by atoms with van der Waals surface area (Å²) in [4.78, 5) is 37.5. The van der Waals surface area contributed by atoms with E-state index in [1.54, 1.807) is 48.5 Å². The van der Waals surface area contributed by atoms with Crippen molar-refractivity contribution in [3.8, 4) is 0 Å². The molecule has 1 heterocycles. The first-order valence-electron chi connectivity index (χ1n) is 14.0. The van der Waals surface area contributed by atoms with Crippen LogP contribution in [0, 0.1) is 0 Å². The number of methoxy groups -OCH3 is 1. The molecule has 0 radical (unpaired) electrons. The summed E-state index contributed by atoms with van der Waals surface area (Å²) in [6, 6.07) is 27.2. The molecule has 1 unspecified atom stereocenters. The molecule has 0 spiro atoms. The number of carbonyl (C=O) groups excluding carboxylic acids is 3. The van der Waals surface area contributed by atoms with E-state index in [4.69, 9.17) is 23.7 Å². The van der Waals surface area contributed by atoms with Crippen molar-refractivity contribution in [2.24, 2.45) is 0 Å². The van der Waals surface area contributed by atoms with Crippen LogP contribution in [-0.4, -0.2) is 57.0 Å². The average molecular weight is 573 g/mol. The standard InChI is InChI=1S/C34H36O8/c1-24-20-28(41-32(25-12-6-3-7-13-25)30(24)22-39-31(35)23-38-2)18-19-29(42-34(37)27-16-10-5-11-17-27)21-40-33(36)26-14-8-4-9-15-26/h3-17,28-29,32H,18-23H2,1-2H3/t28?,29-,32+/m1/s1. The van der Waals surface area contributed by atoms with Crippen molar-refractivity contribution < 1.29 is 38.1 Å². The topological polar surface area (TPSA) is 97.4 Å².